The van der Waals surface area contributed by atoms with Gasteiger partial charge in [0.2, 0.25) is 0 Å². The summed E-state index contributed by atoms with van der Waals surface area (Å²) in [4.78, 5) is 11.3. The number of nitrogens with one attached hydrogen (secondary N) is 2. The van der Waals surface area contributed by atoms with Crippen molar-refractivity contribution in [2.45, 2.75) is 77.8 Å². The number of aromatic nitrogens is 1. The van der Waals surface area contributed by atoms with Crippen molar-refractivity contribution in [3.63, 3.8) is 0 Å². The normalized spacial score (nSPS) is 21.7. The Morgan fingerprint density at radius 3 is 2.58 bits per heavy atom. The van der Waals surface area contributed by atoms with Gasteiger partial charge in [-0.2, -0.15) is 0 Å². The van der Waals surface area contributed by atoms with E-state index >= 15 is 0 Å². The van der Waals surface area contributed by atoms with E-state index in [1.165, 1.54) is 30.4 Å². The van der Waals surface area contributed by atoms with E-state index in [4.69, 9.17) is 4.52 Å². The lowest BCUT2D eigenvalue weighted by Crippen LogP contribution is -2.33. The lowest BCUT2D eigenvalue weighted by Gasteiger charge is -2.35. The summed E-state index contributed by atoms with van der Waals surface area (Å²) in [5, 5.41) is 20.4. The van der Waals surface area contributed by atoms with Crippen LogP contribution in [0.4, 0.5) is 5.69 Å². The van der Waals surface area contributed by atoms with E-state index < -0.39 is 12.1 Å². The first-order valence-electron chi connectivity index (χ1n) is 11.6. The van der Waals surface area contributed by atoms with Crippen molar-refractivity contribution in [3.8, 4) is 0 Å². The van der Waals surface area contributed by atoms with Crippen LogP contribution >= 0.6 is 0 Å². The van der Waals surface area contributed by atoms with Gasteiger partial charge >= 0.3 is 5.97 Å². The van der Waals surface area contributed by atoms with E-state index in [-0.39, 0.29) is 6.54 Å². The van der Waals surface area contributed by atoms with E-state index in [9.17, 15) is 9.90 Å². The molecule has 1 unspecified atom stereocenters. The third kappa shape index (κ3) is 5.12. The van der Waals surface area contributed by atoms with Crippen LogP contribution in [0, 0.1) is 25.7 Å². The minimum atomic E-state index is -0.889. The second kappa shape index (κ2) is 9.03. The van der Waals surface area contributed by atoms with Gasteiger partial charge < -0.3 is 14.9 Å². The average molecular weight is 426 g/mol. The molecular weight excluding hydrogens is 390 g/mol. The van der Waals surface area contributed by atoms with Gasteiger partial charge in [-0.3, -0.25) is 10.1 Å². The fourth-order valence-electron chi connectivity index (χ4n) is 4.95. The Morgan fingerprint density at radius 1 is 1.23 bits per heavy atom. The Labute approximate surface area is 184 Å². The molecule has 31 heavy (non-hydrogen) atoms. The molecule has 4 rings (SSSR count). The second-order valence-electron chi connectivity index (χ2n) is 9.95. The highest BCUT2D eigenvalue weighted by atomic mass is 16.5. The highest BCUT2D eigenvalue weighted by Gasteiger charge is 2.41. The van der Waals surface area contributed by atoms with Crippen molar-refractivity contribution < 1.29 is 14.4 Å². The molecule has 2 aliphatic rings. The van der Waals surface area contributed by atoms with Gasteiger partial charge in [0.05, 0.1) is 6.54 Å². The fourth-order valence-corrected chi connectivity index (χ4v) is 4.95. The monoisotopic (exact) mass is 425 g/mol. The smallest absolute Gasteiger partial charge is 0.317 e. The number of carboxylic acids is 1. The quantitative estimate of drug-likeness (QED) is 0.436. The maximum Gasteiger partial charge on any atom is 0.317 e. The van der Waals surface area contributed by atoms with Crippen LogP contribution in [-0.4, -0.2) is 22.8 Å². The Bertz CT molecular complexity index is 926. The molecule has 1 atom stereocenters. The maximum atomic E-state index is 11.3. The SMILES string of the molecule is Cc1ccc(NC(NCC(=O)O)c2noc(C3CC(CC(C)C)C3)c2C2CC2)c(C)c1. The topological polar surface area (TPSA) is 87.4 Å². The molecule has 2 saturated carbocycles. The minimum absolute atomic E-state index is 0.144. The molecule has 0 bridgehead atoms. The molecule has 1 aromatic carbocycles. The number of nitrogens with zero attached hydrogens (tertiary/aromatic N) is 1. The maximum absolute atomic E-state index is 11.3. The lowest BCUT2D eigenvalue weighted by atomic mass is 9.69. The van der Waals surface area contributed by atoms with Crippen molar-refractivity contribution in [3.05, 3.63) is 46.3 Å². The molecule has 0 radical (unpaired) electrons. The molecule has 3 N–H and O–H groups in total. The van der Waals surface area contributed by atoms with Crippen LogP contribution in [-0.2, 0) is 4.79 Å². The van der Waals surface area contributed by atoms with Crippen LogP contribution in [0.1, 0.15) is 92.1 Å². The highest BCUT2D eigenvalue weighted by Crippen LogP contribution is 2.52. The van der Waals surface area contributed by atoms with E-state index in [1.807, 2.05) is 6.07 Å². The Balaban J connectivity index is 1.59. The van der Waals surface area contributed by atoms with Gasteiger partial charge in [0, 0.05) is 17.2 Å². The predicted molar refractivity (Wildman–Crippen MR) is 121 cm³/mol. The van der Waals surface area contributed by atoms with Crippen LogP contribution in [0.3, 0.4) is 0 Å². The molecular formula is C25H35N3O3. The summed E-state index contributed by atoms with van der Waals surface area (Å²) in [5.74, 6) is 2.59. The van der Waals surface area contributed by atoms with Crippen molar-refractivity contribution in [2.75, 3.05) is 11.9 Å². The summed E-state index contributed by atoms with van der Waals surface area (Å²) >= 11 is 0. The largest absolute Gasteiger partial charge is 0.480 e. The number of anilines is 1. The standard InChI is InChI=1S/C25H35N3O3/c1-14(2)9-17-11-19(12-17)24-22(18-6-7-18)23(28-31-24)25(26-13-21(29)30)27-20-8-5-15(3)10-16(20)4/h5,8,10,14,17-19,25-27H,6-7,9,11-13H2,1-4H3,(H,29,30). The van der Waals surface area contributed by atoms with Gasteiger partial charge in [0.25, 0.3) is 0 Å². The van der Waals surface area contributed by atoms with Crippen molar-refractivity contribution in [1.82, 2.24) is 10.5 Å². The van der Waals surface area contributed by atoms with E-state index in [2.05, 4.69) is 55.6 Å². The number of hydrogen-bond donors (Lipinski definition) is 3. The first-order valence-corrected chi connectivity index (χ1v) is 11.6. The minimum Gasteiger partial charge on any atom is -0.480 e. The van der Waals surface area contributed by atoms with Crippen molar-refractivity contribution >= 4 is 11.7 Å². The average Bonchev–Trinajstić information content (AvgIpc) is 3.42. The number of benzene rings is 1. The van der Waals surface area contributed by atoms with Gasteiger partial charge in [-0.05, 0) is 75.3 Å². The summed E-state index contributed by atoms with van der Waals surface area (Å²) in [6.45, 7) is 8.55. The molecule has 2 aromatic rings. The number of rotatable bonds is 10. The zero-order valence-corrected chi connectivity index (χ0v) is 19.1. The van der Waals surface area contributed by atoms with E-state index in [0.29, 0.717) is 11.8 Å². The molecule has 0 amide bonds. The predicted octanol–water partition coefficient (Wildman–Crippen LogP) is 5.49. The van der Waals surface area contributed by atoms with Gasteiger partial charge in [0.15, 0.2) is 0 Å². The third-order valence-corrected chi connectivity index (χ3v) is 6.59. The molecule has 6 heteroatoms. The number of aliphatic carboxylic acids is 1. The summed E-state index contributed by atoms with van der Waals surface area (Å²) in [6.07, 6.45) is 5.51. The summed E-state index contributed by atoms with van der Waals surface area (Å²) in [6, 6.07) is 6.22. The van der Waals surface area contributed by atoms with Crippen LogP contribution in [0.2, 0.25) is 0 Å². The van der Waals surface area contributed by atoms with Crippen LogP contribution in [0.5, 0.6) is 0 Å². The zero-order chi connectivity index (χ0) is 22.1. The Kier molecular flexibility index (Phi) is 6.37. The Hall–Kier alpha value is -2.34. The molecule has 0 spiro atoms. The summed E-state index contributed by atoms with van der Waals surface area (Å²) in [7, 11) is 0. The van der Waals surface area contributed by atoms with Crippen LogP contribution < -0.4 is 10.6 Å². The molecule has 0 aliphatic heterocycles. The zero-order valence-electron chi connectivity index (χ0n) is 19.1. The third-order valence-electron chi connectivity index (χ3n) is 6.59. The lowest BCUT2D eigenvalue weighted by molar-refractivity contribution is -0.136. The molecule has 1 aromatic heterocycles. The summed E-state index contributed by atoms with van der Waals surface area (Å²) < 4.78 is 5.95. The molecule has 168 valence electrons. The first-order chi connectivity index (χ1) is 14.8. The van der Waals surface area contributed by atoms with Crippen molar-refractivity contribution in [1.29, 1.82) is 0 Å². The highest BCUT2D eigenvalue weighted by molar-refractivity contribution is 5.69. The van der Waals surface area contributed by atoms with Gasteiger partial charge in [0.1, 0.15) is 17.6 Å². The van der Waals surface area contributed by atoms with Gasteiger partial charge in [-0.15, -0.1) is 0 Å². The number of aryl methyl sites for hydroxylation is 2. The van der Waals surface area contributed by atoms with Gasteiger partial charge in [-0.1, -0.05) is 36.7 Å². The van der Waals surface area contributed by atoms with Crippen LogP contribution in [0.15, 0.2) is 22.7 Å². The molecule has 2 aliphatic carbocycles. The van der Waals surface area contributed by atoms with E-state index in [1.54, 1.807) is 0 Å². The van der Waals surface area contributed by atoms with Gasteiger partial charge in [-0.25, -0.2) is 0 Å². The molecule has 6 nitrogen and oxygen atoms in total. The second-order valence-corrected chi connectivity index (χ2v) is 9.95. The Morgan fingerprint density at radius 2 is 1.97 bits per heavy atom. The van der Waals surface area contributed by atoms with Crippen molar-refractivity contribution in [2.24, 2.45) is 11.8 Å². The molecule has 1 heterocycles. The number of carboxylic acid groups (broad SMARTS) is 1. The van der Waals surface area contributed by atoms with E-state index in [0.717, 1.165) is 47.4 Å². The number of carbonyl (C=O) groups is 1. The fraction of sp³-hybridized carbons (Fsp3) is 0.600. The summed E-state index contributed by atoms with van der Waals surface area (Å²) in [5.41, 5.74) is 5.33. The van der Waals surface area contributed by atoms with Crippen LogP contribution in [0.25, 0.3) is 0 Å². The first kappa shape index (κ1) is 21.9. The number of hydrogen-bond acceptors (Lipinski definition) is 5. The molecule has 0 saturated heterocycles. The molecule has 2 fully saturated rings.